The number of hydrogen-bond acceptors (Lipinski definition) is 4. The zero-order valence-electron chi connectivity index (χ0n) is 15.6. The maximum atomic E-state index is 12.7. The molecule has 5 nitrogen and oxygen atoms in total. The van der Waals surface area contributed by atoms with Gasteiger partial charge in [0, 0.05) is 0 Å². The number of benzene rings is 2. The summed E-state index contributed by atoms with van der Waals surface area (Å²) in [6.45, 7) is 6.56. The number of para-hydroxylation sites is 1. The van der Waals surface area contributed by atoms with Crippen LogP contribution in [0.25, 0.3) is 0 Å². The fourth-order valence-electron chi connectivity index (χ4n) is 3.05. The molecule has 3 rings (SSSR count). The lowest BCUT2D eigenvalue weighted by Gasteiger charge is -2.27. The minimum atomic E-state index is -3.60. The summed E-state index contributed by atoms with van der Waals surface area (Å²) < 4.78 is 39.2. The molecule has 2 aromatic carbocycles. The van der Waals surface area contributed by atoms with Gasteiger partial charge in [0.25, 0.3) is 0 Å². The molecule has 0 saturated carbocycles. The SMILES string of the molecule is COc1cccc2c1OC[C@H](NS(=O)(=O)c1ccc(C(C)(C)C)cc1)C2. The zero-order valence-corrected chi connectivity index (χ0v) is 16.4. The first-order chi connectivity index (χ1) is 12.2. The Morgan fingerprint density at radius 1 is 1.12 bits per heavy atom. The molecule has 0 spiro atoms. The van der Waals surface area contributed by atoms with Crippen LogP contribution in [0.5, 0.6) is 11.5 Å². The molecular weight excluding hydrogens is 350 g/mol. The first-order valence-corrected chi connectivity index (χ1v) is 10.1. The molecule has 1 N–H and O–H groups in total. The van der Waals surface area contributed by atoms with Crippen LogP contribution in [0, 0.1) is 0 Å². The van der Waals surface area contributed by atoms with Crippen LogP contribution in [0.3, 0.4) is 0 Å². The normalized spacial score (nSPS) is 17.3. The Kier molecular flexibility index (Phi) is 4.99. The van der Waals surface area contributed by atoms with E-state index in [1.807, 2.05) is 30.3 Å². The quantitative estimate of drug-likeness (QED) is 0.891. The third-order valence-corrected chi connectivity index (χ3v) is 6.06. The molecule has 0 fully saturated rings. The highest BCUT2D eigenvalue weighted by Crippen LogP contribution is 2.34. The van der Waals surface area contributed by atoms with E-state index in [2.05, 4.69) is 25.5 Å². The van der Waals surface area contributed by atoms with Crippen molar-refractivity contribution in [3.05, 3.63) is 53.6 Å². The summed E-state index contributed by atoms with van der Waals surface area (Å²) in [6.07, 6.45) is 0.561. The number of hydrogen-bond donors (Lipinski definition) is 1. The van der Waals surface area contributed by atoms with Crippen molar-refractivity contribution < 1.29 is 17.9 Å². The van der Waals surface area contributed by atoms with Crippen LogP contribution in [-0.4, -0.2) is 28.2 Å². The van der Waals surface area contributed by atoms with E-state index in [9.17, 15) is 8.42 Å². The Hall–Kier alpha value is -2.05. The van der Waals surface area contributed by atoms with Gasteiger partial charge in [-0.25, -0.2) is 13.1 Å². The van der Waals surface area contributed by atoms with Crippen LogP contribution in [0.1, 0.15) is 31.9 Å². The van der Waals surface area contributed by atoms with Gasteiger partial charge in [0.2, 0.25) is 10.0 Å². The lowest BCUT2D eigenvalue weighted by atomic mass is 9.87. The van der Waals surface area contributed by atoms with Crippen molar-refractivity contribution in [1.82, 2.24) is 4.72 Å². The first kappa shape index (κ1) is 18.7. The van der Waals surface area contributed by atoms with Gasteiger partial charge in [0.15, 0.2) is 11.5 Å². The molecule has 140 valence electrons. The molecule has 1 aliphatic rings. The van der Waals surface area contributed by atoms with E-state index >= 15 is 0 Å². The van der Waals surface area contributed by atoms with Crippen LogP contribution in [0.2, 0.25) is 0 Å². The van der Waals surface area contributed by atoms with Gasteiger partial charge >= 0.3 is 0 Å². The smallest absolute Gasteiger partial charge is 0.240 e. The van der Waals surface area contributed by atoms with Gasteiger partial charge in [-0.3, -0.25) is 0 Å². The highest BCUT2D eigenvalue weighted by Gasteiger charge is 2.27. The minimum Gasteiger partial charge on any atom is -0.493 e. The third kappa shape index (κ3) is 3.86. The molecule has 0 radical (unpaired) electrons. The van der Waals surface area contributed by atoms with E-state index in [-0.39, 0.29) is 23.0 Å². The fraction of sp³-hybridized carbons (Fsp3) is 0.400. The highest BCUT2D eigenvalue weighted by atomic mass is 32.2. The van der Waals surface area contributed by atoms with E-state index in [0.717, 1.165) is 11.1 Å². The van der Waals surface area contributed by atoms with E-state index < -0.39 is 10.0 Å². The Labute approximate surface area is 155 Å². The van der Waals surface area contributed by atoms with E-state index in [0.29, 0.717) is 17.9 Å². The number of ether oxygens (including phenoxy) is 2. The molecule has 1 aliphatic heterocycles. The average molecular weight is 375 g/mol. The number of methoxy groups -OCH3 is 1. The van der Waals surface area contributed by atoms with Crippen molar-refractivity contribution in [1.29, 1.82) is 0 Å². The van der Waals surface area contributed by atoms with Crippen molar-refractivity contribution in [2.45, 2.75) is 43.5 Å². The second-order valence-electron chi connectivity index (χ2n) is 7.56. The molecule has 2 aromatic rings. The minimum absolute atomic E-state index is 0.0182. The van der Waals surface area contributed by atoms with E-state index in [4.69, 9.17) is 9.47 Å². The molecule has 0 aromatic heterocycles. The fourth-order valence-corrected chi connectivity index (χ4v) is 4.27. The lowest BCUT2D eigenvalue weighted by Crippen LogP contribution is -2.42. The molecule has 0 bridgehead atoms. The highest BCUT2D eigenvalue weighted by molar-refractivity contribution is 7.89. The molecule has 26 heavy (non-hydrogen) atoms. The lowest BCUT2D eigenvalue weighted by molar-refractivity contribution is 0.240. The Morgan fingerprint density at radius 2 is 1.81 bits per heavy atom. The van der Waals surface area contributed by atoms with E-state index in [1.165, 1.54) is 0 Å². The first-order valence-electron chi connectivity index (χ1n) is 8.62. The average Bonchev–Trinajstić information content (AvgIpc) is 2.60. The summed E-state index contributed by atoms with van der Waals surface area (Å²) in [5, 5.41) is 0. The van der Waals surface area contributed by atoms with Gasteiger partial charge in [-0.05, 0) is 41.2 Å². The molecule has 0 unspecified atom stereocenters. The van der Waals surface area contributed by atoms with E-state index in [1.54, 1.807) is 19.2 Å². The van der Waals surface area contributed by atoms with Gasteiger partial charge in [0.1, 0.15) is 6.61 Å². The Bertz CT molecular complexity index is 883. The maximum absolute atomic E-state index is 12.7. The van der Waals surface area contributed by atoms with Crippen LogP contribution >= 0.6 is 0 Å². The second-order valence-corrected chi connectivity index (χ2v) is 9.27. The monoisotopic (exact) mass is 375 g/mol. The van der Waals surface area contributed by atoms with Crippen molar-refractivity contribution in [2.75, 3.05) is 13.7 Å². The molecule has 6 heteroatoms. The number of sulfonamides is 1. The van der Waals surface area contributed by atoms with Crippen LogP contribution in [0.15, 0.2) is 47.4 Å². The zero-order chi connectivity index (χ0) is 18.9. The van der Waals surface area contributed by atoms with Crippen molar-refractivity contribution in [3.63, 3.8) is 0 Å². The van der Waals surface area contributed by atoms with Gasteiger partial charge in [0.05, 0.1) is 18.0 Å². The molecular formula is C20H25NO4S. The summed E-state index contributed by atoms with van der Waals surface area (Å²) in [7, 11) is -2.01. The topological polar surface area (TPSA) is 64.6 Å². The van der Waals surface area contributed by atoms with Crippen LogP contribution in [-0.2, 0) is 21.9 Å². The van der Waals surface area contributed by atoms with Crippen LogP contribution in [0.4, 0.5) is 0 Å². The maximum Gasteiger partial charge on any atom is 0.240 e. The second kappa shape index (κ2) is 6.93. The number of rotatable bonds is 4. The Balaban J connectivity index is 1.76. The Morgan fingerprint density at radius 3 is 2.42 bits per heavy atom. The van der Waals surface area contributed by atoms with Crippen LogP contribution < -0.4 is 14.2 Å². The molecule has 1 atom stereocenters. The molecule has 0 saturated heterocycles. The number of nitrogens with one attached hydrogen (secondary N) is 1. The molecule has 0 amide bonds. The van der Waals surface area contributed by atoms with Gasteiger partial charge in [-0.2, -0.15) is 0 Å². The van der Waals surface area contributed by atoms with Crippen molar-refractivity contribution in [2.24, 2.45) is 0 Å². The standard InChI is InChI=1S/C20H25NO4S/c1-20(2,3)15-8-10-17(11-9-15)26(22,23)21-16-12-14-6-5-7-18(24-4)19(14)25-13-16/h5-11,16,21H,12-13H2,1-4H3/t16-/m1/s1. The van der Waals surface area contributed by atoms with Gasteiger partial charge < -0.3 is 9.47 Å². The largest absolute Gasteiger partial charge is 0.493 e. The van der Waals surface area contributed by atoms with Crippen molar-refractivity contribution >= 4 is 10.0 Å². The molecule has 0 aliphatic carbocycles. The third-order valence-electron chi connectivity index (χ3n) is 4.53. The van der Waals surface area contributed by atoms with Gasteiger partial charge in [-0.1, -0.05) is 45.0 Å². The van der Waals surface area contributed by atoms with Gasteiger partial charge in [-0.15, -0.1) is 0 Å². The van der Waals surface area contributed by atoms with Crippen molar-refractivity contribution in [3.8, 4) is 11.5 Å². The number of fused-ring (bicyclic) bond motifs is 1. The molecule has 1 heterocycles. The summed E-state index contributed by atoms with van der Waals surface area (Å²) >= 11 is 0. The summed E-state index contributed by atoms with van der Waals surface area (Å²) in [4.78, 5) is 0.266. The summed E-state index contributed by atoms with van der Waals surface area (Å²) in [5.74, 6) is 1.36. The predicted molar refractivity (Wildman–Crippen MR) is 101 cm³/mol. The predicted octanol–water partition coefficient (Wildman–Crippen LogP) is 3.27. The summed E-state index contributed by atoms with van der Waals surface area (Å²) in [6, 6.07) is 12.4. The summed E-state index contributed by atoms with van der Waals surface area (Å²) in [5.41, 5.74) is 2.01.